The normalized spacial score (nSPS) is 24.7. The lowest BCUT2D eigenvalue weighted by molar-refractivity contribution is -0.110. The van der Waals surface area contributed by atoms with E-state index < -0.39 is 11.7 Å². The number of nitrogens with one attached hydrogen (secondary N) is 1. The number of aliphatic hydroxyl groups is 3. The number of hydrogen-bond donors (Lipinski definition) is 4. The van der Waals surface area contributed by atoms with Gasteiger partial charge in [-0.05, 0) is 43.7 Å². The third-order valence-electron chi connectivity index (χ3n) is 4.15. The molecule has 1 heterocycles. The largest absolute Gasteiger partial charge is 0.396 e. The van der Waals surface area contributed by atoms with Gasteiger partial charge in [-0.3, -0.25) is 4.79 Å². The van der Waals surface area contributed by atoms with Crippen molar-refractivity contribution in [2.75, 3.05) is 32.8 Å². The van der Waals surface area contributed by atoms with Gasteiger partial charge in [0, 0.05) is 36.8 Å². The molecular weight excluding hydrogens is 320 g/mol. The predicted octanol–water partition coefficient (Wildman–Crippen LogP) is 0.250. The van der Waals surface area contributed by atoms with Crippen LogP contribution < -0.4 is 5.32 Å². The average molecular weight is 343 g/mol. The molecule has 1 fully saturated rings. The number of piperidine rings is 1. The number of likely N-dealkylation sites (tertiary alicyclic amines) is 1. The predicted molar refractivity (Wildman–Crippen MR) is 87.5 cm³/mol. The van der Waals surface area contributed by atoms with E-state index in [4.69, 9.17) is 16.7 Å². The Morgan fingerprint density at radius 2 is 2.09 bits per heavy atom. The molecule has 0 saturated carbocycles. The van der Waals surface area contributed by atoms with Gasteiger partial charge in [-0.15, -0.1) is 0 Å². The van der Waals surface area contributed by atoms with Crippen LogP contribution in [0.1, 0.15) is 23.2 Å². The monoisotopic (exact) mass is 342 g/mol. The van der Waals surface area contributed by atoms with Crippen LogP contribution in [0.25, 0.3) is 0 Å². The first-order chi connectivity index (χ1) is 11.0. The second kappa shape index (κ2) is 8.08. The molecule has 0 spiro atoms. The summed E-state index contributed by atoms with van der Waals surface area (Å²) in [6, 6.07) is 6.59. The second-order valence-corrected chi connectivity index (χ2v) is 6.32. The lowest BCUT2D eigenvalue weighted by Crippen LogP contribution is -2.60. The van der Waals surface area contributed by atoms with E-state index in [9.17, 15) is 15.0 Å². The van der Waals surface area contributed by atoms with Gasteiger partial charge >= 0.3 is 0 Å². The van der Waals surface area contributed by atoms with E-state index in [0.29, 0.717) is 36.5 Å². The summed E-state index contributed by atoms with van der Waals surface area (Å²) >= 11 is 5.81. The third kappa shape index (κ3) is 4.65. The molecule has 2 rings (SSSR count). The molecule has 1 aromatic rings. The lowest BCUT2D eigenvalue weighted by atomic mass is 9.88. The van der Waals surface area contributed by atoms with Crippen molar-refractivity contribution in [1.82, 2.24) is 10.2 Å². The van der Waals surface area contributed by atoms with E-state index in [1.807, 2.05) is 0 Å². The van der Waals surface area contributed by atoms with Crippen LogP contribution in [0.4, 0.5) is 0 Å². The smallest absolute Gasteiger partial charge is 0.253 e. The van der Waals surface area contributed by atoms with Gasteiger partial charge in [0.2, 0.25) is 0 Å². The molecule has 7 heteroatoms. The molecule has 1 aliphatic heterocycles. The lowest BCUT2D eigenvalue weighted by Gasteiger charge is -2.42. The summed E-state index contributed by atoms with van der Waals surface area (Å²) in [4.78, 5) is 14.0. The molecule has 1 aromatic carbocycles. The highest BCUT2D eigenvalue weighted by molar-refractivity contribution is 6.30. The molecule has 1 saturated heterocycles. The zero-order valence-corrected chi connectivity index (χ0v) is 13.7. The Hall–Kier alpha value is -1.18. The van der Waals surface area contributed by atoms with Crippen molar-refractivity contribution in [3.05, 3.63) is 34.9 Å². The van der Waals surface area contributed by atoms with E-state index in [-0.39, 0.29) is 25.6 Å². The first kappa shape index (κ1) is 18.2. The van der Waals surface area contributed by atoms with Gasteiger partial charge in [0.1, 0.15) is 11.7 Å². The highest BCUT2D eigenvalue weighted by atomic mass is 35.5. The summed E-state index contributed by atoms with van der Waals surface area (Å²) in [5, 5.41) is 33.1. The summed E-state index contributed by atoms with van der Waals surface area (Å²) in [5.41, 5.74) is -0.750. The summed E-state index contributed by atoms with van der Waals surface area (Å²) in [6.07, 6.45) is -0.137. The number of hydrogen-bond acceptors (Lipinski definition) is 5. The Morgan fingerprint density at radius 3 is 2.70 bits per heavy atom. The molecule has 1 aliphatic rings. The van der Waals surface area contributed by atoms with Crippen molar-refractivity contribution in [1.29, 1.82) is 0 Å². The molecule has 0 radical (unpaired) electrons. The van der Waals surface area contributed by atoms with Crippen LogP contribution in [-0.2, 0) is 0 Å². The highest BCUT2D eigenvalue weighted by Crippen LogP contribution is 2.24. The number of carbonyl (C=O) groups excluding carboxylic acids is 1. The maximum atomic E-state index is 12.4. The highest BCUT2D eigenvalue weighted by Gasteiger charge is 2.41. The molecule has 0 bridgehead atoms. The molecule has 0 unspecified atom stereocenters. The number of nitrogens with zero attached hydrogens (tertiary/aromatic N) is 1. The van der Waals surface area contributed by atoms with Crippen LogP contribution in [0.3, 0.4) is 0 Å². The first-order valence-corrected chi connectivity index (χ1v) is 8.11. The Morgan fingerprint density at radius 1 is 1.39 bits per heavy atom. The van der Waals surface area contributed by atoms with Crippen LogP contribution in [0.5, 0.6) is 0 Å². The summed E-state index contributed by atoms with van der Waals surface area (Å²) in [7, 11) is 0. The maximum absolute atomic E-state index is 12.4. The van der Waals surface area contributed by atoms with Crippen molar-refractivity contribution in [2.45, 2.75) is 24.5 Å². The summed E-state index contributed by atoms with van der Waals surface area (Å²) in [5.74, 6) is -0.184. The van der Waals surface area contributed by atoms with Crippen LogP contribution in [0.15, 0.2) is 24.3 Å². The van der Waals surface area contributed by atoms with Gasteiger partial charge in [-0.25, -0.2) is 0 Å². The topological polar surface area (TPSA) is 93.0 Å². The van der Waals surface area contributed by atoms with Gasteiger partial charge in [-0.1, -0.05) is 11.6 Å². The average Bonchev–Trinajstić information content (AvgIpc) is 2.54. The van der Waals surface area contributed by atoms with Gasteiger partial charge in [0.15, 0.2) is 0 Å². The van der Waals surface area contributed by atoms with Gasteiger partial charge < -0.3 is 25.5 Å². The van der Waals surface area contributed by atoms with Crippen molar-refractivity contribution >= 4 is 17.5 Å². The number of β-amino-alcohol motifs (C(OH)–C–C–N with tert-alkyl or cyclic N) is 1. The van der Waals surface area contributed by atoms with E-state index in [2.05, 4.69) is 5.32 Å². The SMILES string of the molecule is O=C(c1ccc(Cl)cc1)N1CC[C@](O)(CNCCCO)[C@@H](O)C1. The third-order valence-corrected chi connectivity index (χ3v) is 4.40. The Balaban J connectivity index is 1.92. The molecule has 128 valence electrons. The minimum absolute atomic E-state index is 0.0807. The number of aliphatic hydroxyl groups excluding tert-OH is 2. The second-order valence-electron chi connectivity index (χ2n) is 5.88. The summed E-state index contributed by atoms with van der Waals surface area (Å²) in [6.45, 7) is 1.34. The molecule has 0 aromatic heterocycles. The van der Waals surface area contributed by atoms with Crippen molar-refractivity contribution in [3.63, 3.8) is 0 Å². The van der Waals surface area contributed by atoms with Crippen molar-refractivity contribution in [3.8, 4) is 0 Å². The zero-order chi connectivity index (χ0) is 16.9. The van der Waals surface area contributed by atoms with Crippen molar-refractivity contribution in [2.24, 2.45) is 0 Å². The standard InChI is InChI=1S/C16H23ClN2O4/c17-13-4-2-12(3-5-13)15(22)19-8-6-16(23,14(21)10-19)11-18-7-1-9-20/h2-5,14,18,20-21,23H,1,6-11H2/t14-,16-/m0/s1. The molecule has 1 amide bonds. The number of halogens is 1. The Labute approximate surface area is 140 Å². The Bertz CT molecular complexity index is 525. The molecule has 4 N–H and O–H groups in total. The fourth-order valence-electron chi connectivity index (χ4n) is 2.64. The summed E-state index contributed by atoms with van der Waals surface area (Å²) < 4.78 is 0. The van der Waals surface area contributed by atoms with E-state index >= 15 is 0 Å². The fraction of sp³-hybridized carbons (Fsp3) is 0.562. The minimum Gasteiger partial charge on any atom is -0.396 e. The van der Waals surface area contributed by atoms with Crippen molar-refractivity contribution < 1.29 is 20.1 Å². The van der Waals surface area contributed by atoms with Gasteiger partial charge in [0.05, 0.1) is 0 Å². The molecule has 23 heavy (non-hydrogen) atoms. The minimum atomic E-state index is -1.26. The van der Waals surface area contributed by atoms with Crippen LogP contribution in [-0.4, -0.2) is 70.6 Å². The number of benzene rings is 1. The molecule has 2 atom stereocenters. The number of rotatable bonds is 6. The quantitative estimate of drug-likeness (QED) is 0.556. The Kier molecular flexibility index (Phi) is 6.38. The van der Waals surface area contributed by atoms with E-state index in [0.717, 1.165) is 0 Å². The fourth-order valence-corrected chi connectivity index (χ4v) is 2.77. The molecule has 0 aliphatic carbocycles. The van der Waals surface area contributed by atoms with Crippen LogP contribution in [0.2, 0.25) is 5.02 Å². The number of carbonyl (C=O) groups is 1. The van der Waals surface area contributed by atoms with E-state index in [1.165, 1.54) is 4.90 Å². The zero-order valence-electron chi connectivity index (χ0n) is 12.9. The number of amides is 1. The van der Waals surface area contributed by atoms with E-state index in [1.54, 1.807) is 24.3 Å². The first-order valence-electron chi connectivity index (χ1n) is 7.73. The maximum Gasteiger partial charge on any atom is 0.253 e. The van der Waals surface area contributed by atoms with Gasteiger partial charge in [-0.2, -0.15) is 0 Å². The van der Waals surface area contributed by atoms with Crippen LogP contribution in [0, 0.1) is 0 Å². The van der Waals surface area contributed by atoms with Gasteiger partial charge in [0.25, 0.3) is 5.91 Å². The molecule has 6 nitrogen and oxygen atoms in total. The molecular formula is C16H23ClN2O4. The van der Waals surface area contributed by atoms with Crippen LogP contribution >= 0.6 is 11.6 Å².